The molecular weight excluding hydrogens is 236 g/mol. The third-order valence-corrected chi connectivity index (χ3v) is 3.12. The number of fused-ring (bicyclic) bond motifs is 1. The molecule has 7 heteroatoms. The Bertz CT molecular complexity index is 612. The molecule has 1 N–H and O–H groups in total. The van der Waals surface area contributed by atoms with Gasteiger partial charge in [0, 0.05) is 19.6 Å². The first-order valence-electron chi connectivity index (χ1n) is 5.89. The van der Waals surface area contributed by atoms with Crippen LogP contribution in [0.1, 0.15) is 11.4 Å². The monoisotopic (exact) mass is 250 g/mol. The number of aromatic amines is 1. The summed E-state index contributed by atoms with van der Waals surface area (Å²) in [7, 11) is 0. The van der Waals surface area contributed by atoms with Gasteiger partial charge in [0.15, 0.2) is 5.58 Å². The van der Waals surface area contributed by atoms with Crippen molar-refractivity contribution in [1.82, 2.24) is 20.3 Å². The van der Waals surface area contributed by atoms with Crippen molar-refractivity contribution in [2.75, 3.05) is 26.3 Å². The van der Waals surface area contributed by atoms with E-state index in [-0.39, 0.29) is 5.56 Å². The number of morpholine rings is 1. The van der Waals surface area contributed by atoms with Gasteiger partial charge in [-0.05, 0) is 6.92 Å². The van der Waals surface area contributed by atoms with Crippen molar-refractivity contribution in [2.24, 2.45) is 0 Å². The number of hydrogen-bond acceptors (Lipinski definition) is 6. The SMILES string of the molecule is Cc1noc2c(CN3CCOCC3)n[nH]c(=O)c12. The van der Waals surface area contributed by atoms with Gasteiger partial charge in [-0.25, -0.2) is 5.10 Å². The molecule has 0 saturated carbocycles. The van der Waals surface area contributed by atoms with Crippen LogP contribution in [0, 0.1) is 6.92 Å². The second-order valence-electron chi connectivity index (χ2n) is 4.36. The van der Waals surface area contributed by atoms with Crippen molar-refractivity contribution in [1.29, 1.82) is 0 Å². The number of ether oxygens (including phenoxy) is 1. The average molecular weight is 250 g/mol. The van der Waals surface area contributed by atoms with Crippen LogP contribution in [0.2, 0.25) is 0 Å². The Morgan fingerprint density at radius 2 is 2.17 bits per heavy atom. The number of aryl methyl sites for hydroxylation is 1. The second kappa shape index (κ2) is 4.51. The van der Waals surface area contributed by atoms with Gasteiger partial charge in [0.2, 0.25) is 0 Å². The normalized spacial score (nSPS) is 17.4. The molecule has 1 saturated heterocycles. The van der Waals surface area contributed by atoms with Gasteiger partial charge in [-0.1, -0.05) is 5.16 Å². The Balaban J connectivity index is 1.96. The second-order valence-corrected chi connectivity index (χ2v) is 4.36. The third kappa shape index (κ3) is 1.91. The Morgan fingerprint density at radius 3 is 2.94 bits per heavy atom. The van der Waals surface area contributed by atoms with Gasteiger partial charge in [0.25, 0.3) is 5.56 Å². The zero-order chi connectivity index (χ0) is 12.5. The van der Waals surface area contributed by atoms with E-state index in [0.29, 0.717) is 28.9 Å². The van der Waals surface area contributed by atoms with Gasteiger partial charge in [0.1, 0.15) is 11.1 Å². The first-order valence-corrected chi connectivity index (χ1v) is 5.89. The lowest BCUT2D eigenvalue weighted by Crippen LogP contribution is -2.36. The van der Waals surface area contributed by atoms with E-state index in [1.54, 1.807) is 6.92 Å². The highest BCUT2D eigenvalue weighted by Crippen LogP contribution is 2.17. The summed E-state index contributed by atoms with van der Waals surface area (Å²) in [4.78, 5) is 13.9. The van der Waals surface area contributed by atoms with Crippen LogP contribution in [0.25, 0.3) is 11.0 Å². The predicted molar refractivity (Wildman–Crippen MR) is 63.3 cm³/mol. The zero-order valence-corrected chi connectivity index (χ0v) is 10.1. The predicted octanol–water partition coefficient (Wildman–Crippen LogP) is 0.0517. The minimum Gasteiger partial charge on any atom is -0.379 e. The molecule has 18 heavy (non-hydrogen) atoms. The molecule has 0 radical (unpaired) electrons. The summed E-state index contributed by atoms with van der Waals surface area (Å²) < 4.78 is 10.5. The van der Waals surface area contributed by atoms with Gasteiger partial charge in [0.05, 0.1) is 18.9 Å². The topological polar surface area (TPSA) is 84.2 Å². The van der Waals surface area contributed by atoms with E-state index in [1.807, 2.05) is 0 Å². The number of hydrogen-bond donors (Lipinski definition) is 1. The molecule has 3 rings (SSSR count). The van der Waals surface area contributed by atoms with Crippen LogP contribution < -0.4 is 5.56 Å². The van der Waals surface area contributed by atoms with Crippen LogP contribution in [0.15, 0.2) is 9.32 Å². The van der Waals surface area contributed by atoms with E-state index in [1.165, 1.54) is 0 Å². The molecule has 1 fully saturated rings. The molecule has 0 aromatic carbocycles. The van der Waals surface area contributed by atoms with Crippen molar-refractivity contribution in [3.05, 3.63) is 21.7 Å². The van der Waals surface area contributed by atoms with Crippen molar-refractivity contribution in [2.45, 2.75) is 13.5 Å². The molecule has 0 atom stereocenters. The van der Waals surface area contributed by atoms with Crippen LogP contribution >= 0.6 is 0 Å². The summed E-state index contributed by atoms with van der Waals surface area (Å²) in [5.41, 5.74) is 1.54. The summed E-state index contributed by atoms with van der Waals surface area (Å²) in [6, 6.07) is 0. The van der Waals surface area contributed by atoms with Crippen LogP contribution in [0.3, 0.4) is 0 Å². The maximum absolute atomic E-state index is 11.7. The van der Waals surface area contributed by atoms with E-state index in [9.17, 15) is 4.79 Å². The summed E-state index contributed by atoms with van der Waals surface area (Å²) in [5, 5.41) is 10.9. The molecule has 1 aliphatic rings. The highest BCUT2D eigenvalue weighted by atomic mass is 16.5. The molecule has 0 amide bonds. The van der Waals surface area contributed by atoms with Gasteiger partial charge in [-0.2, -0.15) is 5.10 Å². The number of nitrogens with one attached hydrogen (secondary N) is 1. The Kier molecular flexibility index (Phi) is 2.85. The Morgan fingerprint density at radius 1 is 1.39 bits per heavy atom. The van der Waals surface area contributed by atoms with Crippen molar-refractivity contribution < 1.29 is 9.26 Å². The fourth-order valence-electron chi connectivity index (χ4n) is 2.14. The maximum Gasteiger partial charge on any atom is 0.277 e. The summed E-state index contributed by atoms with van der Waals surface area (Å²) >= 11 is 0. The van der Waals surface area contributed by atoms with Crippen LogP contribution in [0.5, 0.6) is 0 Å². The number of nitrogens with zero attached hydrogens (tertiary/aromatic N) is 3. The van der Waals surface area contributed by atoms with E-state index in [0.717, 1.165) is 26.3 Å². The summed E-state index contributed by atoms with van der Waals surface area (Å²) in [5.74, 6) is 0. The standard InChI is InChI=1S/C11H14N4O3/c1-7-9-10(18-14-7)8(12-13-11(9)16)6-15-2-4-17-5-3-15/h2-6H2,1H3,(H,13,16). The smallest absolute Gasteiger partial charge is 0.277 e. The lowest BCUT2D eigenvalue weighted by atomic mass is 10.2. The summed E-state index contributed by atoms with van der Waals surface area (Å²) in [6.07, 6.45) is 0. The molecule has 96 valence electrons. The molecule has 0 spiro atoms. The van der Waals surface area contributed by atoms with E-state index >= 15 is 0 Å². The number of aromatic nitrogens is 3. The highest BCUT2D eigenvalue weighted by molar-refractivity contribution is 5.79. The first kappa shape index (κ1) is 11.4. The van der Waals surface area contributed by atoms with Gasteiger partial charge < -0.3 is 9.26 Å². The van der Waals surface area contributed by atoms with Crippen LogP contribution in [-0.2, 0) is 11.3 Å². The molecule has 0 unspecified atom stereocenters. The zero-order valence-electron chi connectivity index (χ0n) is 10.1. The van der Waals surface area contributed by atoms with Crippen molar-refractivity contribution >= 4 is 11.0 Å². The van der Waals surface area contributed by atoms with E-state index in [4.69, 9.17) is 9.26 Å². The number of rotatable bonds is 2. The third-order valence-electron chi connectivity index (χ3n) is 3.12. The minimum absolute atomic E-state index is 0.255. The lowest BCUT2D eigenvalue weighted by molar-refractivity contribution is 0.0336. The van der Waals surface area contributed by atoms with Gasteiger partial charge in [-0.3, -0.25) is 9.69 Å². The van der Waals surface area contributed by atoms with Gasteiger partial charge >= 0.3 is 0 Å². The minimum atomic E-state index is -0.255. The first-order chi connectivity index (χ1) is 8.75. The largest absolute Gasteiger partial charge is 0.379 e. The quantitative estimate of drug-likeness (QED) is 0.810. The van der Waals surface area contributed by atoms with Crippen LogP contribution in [-0.4, -0.2) is 46.6 Å². The molecule has 7 nitrogen and oxygen atoms in total. The molecule has 3 heterocycles. The fourth-order valence-corrected chi connectivity index (χ4v) is 2.14. The fraction of sp³-hybridized carbons (Fsp3) is 0.545. The summed E-state index contributed by atoms with van der Waals surface area (Å²) in [6.45, 7) is 5.54. The van der Waals surface area contributed by atoms with Gasteiger partial charge in [-0.15, -0.1) is 0 Å². The highest BCUT2D eigenvalue weighted by Gasteiger charge is 2.18. The Labute approximate surface area is 103 Å². The average Bonchev–Trinajstić information content (AvgIpc) is 2.78. The number of H-pyrrole nitrogens is 1. The van der Waals surface area contributed by atoms with E-state index < -0.39 is 0 Å². The Hall–Kier alpha value is -1.73. The molecule has 1 aliphatic heterocycles. The van der Waals surface area contributed by atoms with Crippen molar-refractivity contribution in [3.8, 4) is 0 Å². The molecule has 0 aliphatic carbocycles. The maximum atomic E-state index is 11.7. The molecule has 0 bridgehead atoms. The molecule has 2 aromatic rings. The van der Waals surface area contributed by atoms with Crippen molar-refractivity contribution in [3.63, 3.8) is 0 Å². The van der Waals surface area contributed by atoms with E-state index in [2.05, 4.69) is 20.3 Å². The molecular formula is C11H14N4O3. The lowest BCUT2D eigenvalue weighted by Gasteiger charge is -2.25. The molecule has 2 aromatic heterocycles. The van der Waals surface area contributed by atoms with Crippen LogP contribution in [0.4, 0.5) is 0 Å².